The second-order valence-electron chi connectivity index (χ2n) is 32.7. The summed E-state index contributed by atoms with van der Waals surface area (Å²) in [7, 11) is -2.60. The number of aromatic amines is 5. The Morgan fingerprint density at radius 3 is 0.979 bits per heavy atom. The van der Waals surface area contributed by atoms with Crippen LogP contribution in [0, 0.1) is 0 Å². The van der Waals surface area contributed by atoms with Crippen LogP contribution in [0.5, 0.6) is 64.0 Å². The molecule has 0 saturated heterocycles. The van der Waals surface area contributed by atoms with Gasteiger partial charge in [0.25, 0.3) is 22.2 Å². The van der Waals surface area contributed by atoms with Gasteiger partial charge in [0.15, 0.2) is 44.7 Å². The predicted octanol–water partition coefficient (Wildman–Crippen LogP) is 18.4. The Morgan fingerprint density at radius 2 is 0.641 bits per heavy atom. The Kier molecular flexibility index (Phi) is 36.0. The van der Waals surface area contributed by atoms with Crippen LogP contribution in [0.1, 0.15) is 36.1 Å². The lowest BCUT2D eigenvalue weighted by Crippen LogP contribution is -2.32. The number of hydrogen-bond acceptors (Lipinski definition) is 22. The van der Waals surface area contributed by atoms with Gasteiger partial charge in [-0.25, -0.2) is 19.2 Å². The Hall–Kier alpha value is -14.7. The van der Waals surface area contributed by atoms with E-state index in [0.29, 0.717) is 19.8 Å². The van der Waals surface area contributed by atoms with Gasteiger partial charge in [-0.05, 0) is 106 Å². The minimum atomic E-state index is -4.88. The zero-order valence-corrected chi connectivity index (χ0v) is 81.3. The Balaban J connectivity index is 0.000000173. The maximum atomic E-state index is 12.9. The first-order chi connectivity index (χ1) is 67.1. The molecule has 6 N–H and O–H groups in total. The summed E-state index contributed by atoms with van der Waals surface area (Å²) in [5, 5.41) is 8.92. The van der Waals surface area contributed by atoms with Gasteiger partial charge in [0.2, 0.25) is 5.28 Å². The number of fused-ring (bicyclic) bond motifs is 4. The largest absolute Gasteiger partial charge is 0.573 e. The van der Waals surface area contributed by atoms with Crippen LogP contribution < -0.4 is 78.2 Å². The average molecular weight is 2150 g/mol. The van der Waals surface area contributed by atoms with Gasteiger partial charge in [-0.2, -0.15) is 19.9 Å². The number of hydrogen-bond donors (Lipinski definition) is 6. The number of H-pyrrole nitrogens is 5. The van der Waals surface area contributed by atoms with Crippen molar-refractivity contribution in [2.75, 3.05) is 17.6 Å². The number of nitrogens with one attached hydrogen (secondary N) is 5. The standard InChI is InChI=1S/C25H27F3N4O5Si.C21H17F3N4O4.C19H13F3N4O4.C18H23ClN4O3Si.C7H5F3O2.C2H5I/c1-38(2,3)13-12-35-16-32-21-20(22(33)30-23(32)34)31(15-17-8-5-4-6-9-17)24(29-21)36-18-10-7-11-19(14-18)37-25(26,27)28;1-2-27-17-16(18(29)26-19(27)30)28(12-13-7-4-3-5-8-13)20(25-17)31-14-9-6-10-15(11-14)32-21(22,23)24;20-19(21,22)30-13-8-4-7-12(9-13)29-18-24-15-14(16(27)25-17(28)23-15)26(18)10-11-5-2-1-3-6-11;1-27(2,3)10-9-26-12-23-15-14(16(24)21-18(23)25)22(17(19)20-15)11-13-7-5-4-6-8-13;8-7(9,10)12-6-3-1-2-5(11)4-6;1-2-3/h4-11,14H,12-13,15-16H2,1-3H3,(H,30,33,34);3-11H,2,12H2,1H3,(H,26,29,30);1-9H,10H2,(H2,23,25,27,28);4-8H,9-12H2,1-3H3,(H,21,24,25);1-4,11H;2H2,1H3. The normalized spacial score (nSPS) is 11.7. The van der Waals surface area contributed by atoms with Crippen molar-refractivity contribution in [3.8, 4) is 64.0 Å². The molecule has 0 aliphatic heterocycles. The third kappa shape index (κ3) is 31.7. The van der Waals surface area contributed by atoms with Gasteiger partial charge in [0.05, 0.1) is 26.2 Å². The molecule has 0 bridgehead atoms. The number of imidazole rings is 4. The van der Waals surface area contributed by atoms with Crippen LogP contribution >= 0.6 is 34.2 Å². The van der Waals surface area contributed by atoms with Crippen molar-refractivity contribution in [1.82, 2.24) is 76.8 Å². The molecule has 8 heterocycles. The van der Waals surface area contributed by atoms with E-state index in [2.05, 4.69) is 133 Å². The summed E-state index contributed by atoms with van der Waals surface area (Å²) in [5.74, 6) is -2.11. The third-order valence-electron chi connectivity index (χ3n) is 19.4. The third-order valence-corrected chi connectivity index (χ3v) is 23.1. The molecule has 0 amide bonds. The lowest BCUT2D eigenvalue weighted by Gasteiger charge is -2.15. The van der Waals surface area contributed by atoms with Gasteiger partial charge < -0.3 is 52.3 Å². The number of benzene rings is 8. The molecule has 8 aromatic heterocycles. The Morgan fingerprint density at radius 1 is 0.352 bits per heavy atom. The molecule has 752 valence electrons. The van der Waals surface area contributed by atoms with Crippen LogP contribution in [0.15, 0.2) is 257 Å². The number of aryl methyl sites for hydroxylation is 1. The van der Waals surface area contributed by atoms with Crippen LogP contribution in [0.4, 0.5) is 52.7 Å². The van der Waals surface area contributed by atoms with Crippen molar-refractivity contribution >= 4 is 95.0 Å². The highest BCUT2D eigenvalue weighted by Crippen LogP contribution is 2.36. The molecule has 0 aliphatic rings. The molecule has 0 radical (unpaired) electrons. The highest BCUT2D eigenvalue weighted by atomic mass is 127. The summed E-state index contributed by atoms with van der Waals surface area (Å²) in [6.45, 7) is 19.2. The van der Waals surface area contributed by atoms with E-state index in [9.17, 15) is 91.0 Å². The first-order valence-corrected chi connectivity index (χ1v) is 52.0. The average Bonchev–Trinajstić information content (AvgIpc) is 1.62. The molecular formula is C92H90ClF12IN16O18Si2. The number of rotatable bonds is 29. The van der Waals surface area contributed by atoms with Gasteiger partial charge in [0, 0.05) is 60.2 Å². The van der Waals surface area contributed by atoms with E-state index in [1.165, 1.54) is 80.4 Å². The van der Waals surface area contributed by atoms with Crippen molar-refractivity contribution in [1.29, 1.82) is 0 Å². The van der Waals surface area contributed by atoms with E-state index >= 15 is 0 Å². The summed E-state index contributed by atoms with van der Waals surface area (Å²) >= 11 is 8.57. The van der Waals surface area contributed by atoms with Crippen molar-refractivity contribution < 1.29 is 100 Å². The molecular weight excluding hydrogens is 2060 g/mol. The zero-order chi connectivity index (χ0) is 103. The number of halogens is 14. The molecule has 34 nitrogen and oxygen atoms in total. The highest BCUT2D eigenvalue weighted by molar-refractivity contribution is 14.1. The lowest BCUT2D eigenvalue weighted by atomic mass is 10.2. The molecule has 0 saturated carbocycles. The number of alkyl halides is 13. The summed E-state index contributed by atoms with van der Waals surface area (Å²) in [6, 6.07) is 57.8. The zero-order valence-electron chi connectivity index (χ0n) is 76.4. The van der Waals surface area contributed by atoms with E-state index in [0.717, 1.165) is 82.9 Å². The van der Waals surface area contributed by atoms with Crippen LogP contribution in [-0.4, -0.2) is 141 Å². The van der Waals surface area contributed by atoms with Crippen molar-refractivity contribution in [2.45, 2.75) is 137 Å². The maximum Gasteiger partial charge on any atom is 0.573 e. The fourth-order valence-corrected chi connectivity index (χ4v) is 14.9. The number of aromatic nitrogens is 16. The summed E-state index contributed by atoms with van der Waals surface area (Å²) < 4.78 is 203. The van der Waals surface area contributed by atoms with Crippen LogP contribution in [0.3, 0.4) is 0 Å². The second-order valence-corrected chi connectivity index (χ2v) is 45.8. The monoisotopic (exact) mass is 2150 g/mol. The van der Waals surface area contributed by atoms with Crippen molar-refractivity contribution in [2.24, 2.45) is 0 Å². The molecule has 142 heavy (non-hydrogen) atoms. The maximum absolute atomic E-state index is 12.9. The van der Waals surface area contributed by atoms with Crippen LogP contribution in [0.2, 0.25) is 56.7 Å². The van der Waals surface area contributed by atoms with E-state index in [4.69, 9.17) is 40.4 Å². The minimum Gasteiger partial charge on any atom is -0.508 e. The van der Waals surface area contributed by atoms with E-state index < -0.39 is 110 Å². The number of phenols is 1. The Labute approximate surface area is 815 Å². The van der Waals surface area contributed by atoms with Gasteiger partial charge in [-0.3, -0.25) is 71.5 Å². The van der Waals surface area contributed by atoms with Crippen molar-refractivity contribution in [3.05, 3.63) is 329 Å². The fraction of sp³-hybridized carbons (Fsp3) is 0.261. The van der Waals surface area contributed by atoms with E-state index in [1.54, 1.807) is 23.6 Å². The molecule has 16 aromatic rings. The van der Waals surface area contributed by atoms with Crippen LogP contribution in [-0.2, 0) is 55.7 Å². The first-order valence-electron chi connectivity index (χ1n) is 42.7. The molecule has 0 unspecified atom stereocenters. The van der Waals surface area contributed by atoms with Gasteiger partial charge in [0.1, 0.15) is 59.5 Å². The minimum absolute atomic E-state index is 0.000133. The molecule has 0 spiro atoms. The molecule has 50 heteroatoms. The van der Waals surface area contributed by atoms with Gasteiger partial charge in [-0.15, -0.1) is 52.7 Å². The smallest absolute Gasteiger partial charge is 0.508 e. The van der Waals surface area contributed by atoms with E-state index in [-0.39, 0.29) is 131 Å². The summed E-state index contributed by atoms with van der Waals surface area (Å²) in [5.41, 5.74) is -0.925. The summed E-state index contributed by atoms with van der Waals surface area (Å²) in [6.07, 6.45) is -19.3. The SMILES string of the molecule is CCI.CCn1c(=O)[nH]c(=O)c2c1nc(Oc1cccc(OC(F)(F)F)c1)n2Cc1ccccc1.C[Si](C)(C)CCOCn1c(=O)[nH]c(=O)c2c1nc(Cl)n2Cc1ccccc1.C[Si](C)(C)CCOCn1c(=O)[nH]c(=O)c2c1nc(Oc1cccc(OC(F)(F)F)c1)n2Cc1ccccc1.O=c1[nH]c(=O)c2c(nc(Oc3cccc(OC(F)(F)F)c3)n2Cc2ccccc2)[nH]1.Oc1cccc(OC(F)(F)F)c1. The summed E-state index contributed by atoms with van der Waals surface area (Å²) in [4.78, 5) is 128. The lowest BCUT2D eigenvalue weighted by molar-refractivity contribution is -0.275. The van der Waals surface area contributed by atoms with Crippen molar-refractivity contribution in [3.63, 3.8) is 0 Å². The highest BCUT2D eigenvalue weighted by Gasteiger charge is 2.35. The molecule has 0 aliphatic carbocycles. The molecule has 8 aromatic carbocycles. The molecule has 16 rings (SSSR count). The number of aromatic hydroxyl groups is 1. The number of ether oxygens (including phenoxy) is 9. The predicted molar refractivity (Wildman–Crippen MR) is 515 cm³/mol. The topological polar surface area (TPSA) is 405 Å². The molecule has 0 atom stereocenters. The van der Waals surface area contributed by atoms with E-state index in [1.807, 2.05) is 109 Å². The second kappa shape index (κ2) is 47.5. The molecule has 0 fully saturated rings. The van der Waals surface area contributed by atoms with Crippen LogP contribution in [0.25, 0.3) is 44.7 Å². The quantitative estimate of drug-likeness (QED) is 0.00633. The first kappa shape index (κ1) is 108. The number of nitrogens with zero attached hydrogens (tertiary/aromatic N) is 11. The number of phenolic OH excluding ortho intramolecular Hbond substituents is 1. The van der Waals surface area contributed by atoms with Gasteiger partial charge in [-0.1, -0.05) is 214 Å². The fourth-order valence-electron chi connectivity index (χ4n) is 13.2. The Bertz CT molecular complexity index is 7510. The van der Waals surface area contributed by atoms with Gasteiger partial charge >= 0.3 is 66.2 Å².